The summed E-state index contributed by atoms with van der Waals surface area (Å²) in [6, 6.07) is 21.3. The number of nitriles is 2. The van der Waals surface area contributed by atoms with E-state index < -0.39 is 31.4 Å². The number of sulfonamides is 1. The Kier molecular flexibility index (Phi) is 9.77. The topological polar surface area (TPSA) is 182 Å². The standard InChI is InChI=1S/C27H24N8O4S4/c1-35(43(38,39)12-4-11-42(36,37)24-10-9-18(16-28)19(13-24)17-29)27-33-25(30-20-5-2-7-22(40)14-20)32-26(34-27)31-21-6-3-8-23(41)15-21/h2-3,5-10,13-15,40-41H,4,11-12H2,1H3,(H2,30,31,32,33,34). The summed E-state index contributed by atoms with van der Waals surface area (Å²) in [5.74, 6) is -1.16. The number of hydrogen-bond donors (Lipinski definition) is 4. The number of nitrogens with zero attached hydrogens (tertiary/aromatic N) is 6. The largest absolute Gasteiger partial charge is 0.324 e. The van der Waals surface area contributed by atoms with Crippen LogP contribution in [0.2, 0.25) is 0 Å². The highest BCUT2D eigenvalue weighted by Gasteiger charge is 2.25. The van der Waals surface area contributed by atoms with E-state index in [0.29, 0.717) is 21.2 Å². The Labute approximate surface area is 260 Å². The molecule has 0 atom stereocenters. The van der Waals surface area contributed by atoms with Crippen molar-refractivity contribution in [3.8, 4) is 12.1 Å². The average molecular weight is 653 g/mol. The molecule has 0 saturated carbocycles. The first kappa shape index (κ1) is 31.6. The Balaban J connectivity index is 1.56. The van der Waals surface area contributed by atoms with E-state index in [1.165, 1.54) is 19.2 Å². The van der Waals surface area contributed by atoms with Crippen molar-refractivity contribution in [1.29, 1.82) is 10.5 Å². The van der Waals surface area contributed by atoms with Crippen LogP contribution in [-0.4, -0.2) is 50.3 Å². The van der Waals surface area contributed by atoms with Gasteiger partial charge in [0.1, 0.15) is 12.1 Å². The highest BCUT2D eigenvalue weighted by molar-refractivity contribution is 7.93. The molecule has 0 fully saturated rings. The minimum absolute atomic E-state index is 0.0439. The van der Waals surface area contributed by atoms with Gasteiger partial charge in [0.15, 0.2) is 9.84 Å². The molecule has 0 aliphatic carbocycles. The maximum Gasteiger partial charge on any atom is 0.245 e. The molecule has 16 heteroatoms. The molecule has 0 radical (unpaired) electrons. The van der Waals surface area contributed by atoms with Gasteiger partial charge in [-0.1, -0.05) is 12.1 Å². The second-order valence-electron chi connectivity index (χ2n) is 9.02. The molecular weight excluding hydrogens is 629 g/mol. The highest BCUT2D eigenvalue weighted by atomic mass is 32.2. The lowest BCUT2D eigenvalue weighted by Crippen LogP contribution is -2.31. The summed E-state index contributed by atoms with van der Waals surface area (Å²) in [5, 5.41) is 24.3. The smallest absolute Gasteiger partial charge is 0.245 e. The number of nitrogens with one attached hydrogen (secondary N) is 2. The number of sulfone groups is 1. The van der Waals surface area contributed by atoms with Crippen LogP contribution < -0.4 is 14.9 Å². The summed E-state index contributed by atoms with van der Waals surface area (Å²) in [6.45, 7) is 0. The van der Waals surface area contributed by atoms with Gasteiger partial charge in [-0.05, 0) is 61.0 Å². The third-order valence-electron chi connectivity index (χ3n) is 5.93. The van der Waals surface area contributed by atoms with Gasteiger partial charge in [-0.25, -0.2) is 21.1 Å². The monoisotopic (exact) mass is 652 g/mol. The molecular formula is C27H24N8O4S4. The molecule has 0 aliphatic rings. The molecule has 2 N–H and O–H groups in total. The third kappa shape index (κ3) is 8.14. The van der Waals surface area contributed by atoms with Crippen molar-refractivity contribution in [2.75, 3.05) is 33.5 Å². The minimum Gasteiger partial charge on any atom is -0.324 e. The van der Waals surface area contributed by atoms with Crippen molar-refractivity contribution in [2.45, 2.75) is 21.1 Å². The molecule has 220 valence electrons. The fourth-order valence-corrected chi connectivity index (χ4v) is 6.84. The molecule has 0 spiro atoms. The van der Waals surface area contributed by atoms with E-state index in [9.17, 15) is 22.1 Å². The molecule has 3 aromatic carbocycles. The maximum absolute atomic E-state index is 13.3. The number of benzene rings is 3. The van der Waals surface area contributed by atoms with Gasteiger partial charge in [-0.15, -0.1) is 25.3 Å². The molecule has 4 aromatic rings. The SMILES string of the molecule is CN(c1nc(Nc2cccc(S)c2)nc(Nc2cccc(S)c2)n1)S(=O)(=O)CCCS(=O)(=O)c1ccc(C#N)c(C#N)c1. The van der Waals surface area contributed by atoms with E-state index in [0.717, 1.165) is 10.4 Å². The zero-order valence-corrected chi connectivity index (χ0v) is 25.9. The summed E-state index contributed by atoms with van der Waals surface area (Å²) in [6.07, 6.45) is -0.248. The van der Waals surface area contributed by atoms with Crippen molar-refractivity contribution in [3.63, 3.8) is 0 Å². The molecule has 0 aliphatic heterocycles. The summed E-state index contributed by atoms with van der Waals surface area (Å²) in [4.78, 5) is 14.1. The van der Waals surface area contributed by atoms with Crippen LogP contribution in [0.4, 0.5) is 29.2 Å². The van der Waals surface area contributed by atoms with Crippen LogP contribution >= 0.6 is 25.3 Å². The van der Waals surface area contributed by atoms with Gasteiger partial charge in [-0.3, -0.25) is 0 Å². The maximum atomic E-state index is 13.3. The van der Waals surface area contributed by atoms with Gasteiger partial charge in [0.05, 0.1) is 27.5 Å². The van der Waals surface area contributed by atoms with Gasteiger partial charge < -0.3 is 10.6 Å². The molecule has 0 bridgehead atoms. The average Bonchev–Trinajstić information content (AvgIpc) is 2.96. The van der Waals surface area contributed by atoms with Crippen molar-refractivity contribution < 1.29 is 16.8 Å². The van der Waals surface area contributed by atoms with Crippen LogP contribution in [0.3, 0.4) is 0 Å². The Morgan fingerprint density at radius 2 is 1.33 bits per heavy atom. The summed E-state index contributed by atoms with van der Waals surface area (Å²) in [7, 11) is -6.77. The Bertz CT molecular complexity index is 1910. The Morgan fingerprint density at radius 1 is 0.767 bits per heavy atom. The van der Waals surface area contributed by atoms with E-state index in [4.69, 9.17) is 5.26 Å². The van der Waals surface area contributed by atoms with Crippen molar-refractivity contribution >= 4 is 74.3 Å². The van der Waals surface area contributed by atoms with Crippen molar-refractivity contribution in [3.05, 3.63) is 77.9 Å². The van der Waals surface area contributed by atoms with Gasteiger partial charge in [0.2, 0.25) is 27.9 Å². The summed E-state index contributed by atoms with van der Waals surface area (Å²) in [5.41, 5.74) is 1.17. The first-order valence-electron chi connectivity index (χ1n) is 12.4. The molecule has 12 nitrogen and oxygen atoms in total. The second-order valence-corrected chi connectivity index (χ2v) is 14.3. The van der Waals surface area contributed by atoms with E-state index >= 15 is 0 Å². The molecule has 4 rings (SSSR count). The molecule has 43 heavy (non-hydrogen) atoms. The zero-order chi connectivity index (χ0) is 31.2. The molecule has 0 unspecified atom stereocenters. The Hall–Kier alpha value is -4.35. The van der Waals surface area contributed by atoms with E-state index in [2.05, 4.69) is 50.8 Å². The number of thiol groups is 2. The number of anilines is 5. The predicted molar refractivity (Wildman–Crippen MR) is 169 cm³/mol. The minimum atomic E-state index is -4.09. The van der Waals surface area contributed by atoms with E-state index in [1.807, 2.05) is 6.07 Å². The van der Waals surface area contributed by atoms with Gasteiger partial charge in [0, 0.05) is 28.2 Å². The van der Waals surface area contributed by atoms with Crippen LogP contribution in [0.15, 0.2) is 81.4 Å². The fourth-order valence-electron chi connectivity index (χ4n) is 3.76. The lowest BCUT2D eigenvalue weighted by molar-refractivity contribution is 0.588. The fraction of sp³-hybridized carbons (Fsp3) is 0.148. The number of aromatic nitrogens is 3. The second kappa shape index (κ2) is 13.3. The lowest BCUT2D eigenvalue weighted by atomic mass is 10.1. The van der Waals surface area contributed by atoms with E-state index in [1.54, 1.807) is 54.6 Å². The van der Waals surface area contributed by atoms with Crippen molar-refractivity contribution in [2.24, 2.45) is 0 Å². The first-order valence-corrected chi connectivity index (χ1v) is 16.6. The van der Waals surface area contributed by atoms with Crippen LogP contribution in [0, 0.1) is 22.7 Å². The molecule has 0 amide bonds. The predicted octanol–water partition coefficient (Wildman–Crippen LogP) is 4.31. The normalized spacial score (nSPS) is 11.3. The molecule has 1 aromatic heterocycles. The van der Waals surface area contributed by atoms with Gasteiger partial charge in [0.25, 0.3) is 0 Å². The van der Waals surface area contributed by atoms with Crippen molar-refractivity contribution in [1.82, 2.24) is 15.0 Å². The first-order chi connectivity index (χ1) is 20.4. The van der Waals surface area contributed by atoms with E-state index in [-0.39, 0.29) is 40.3 Å². The van der Waals surface area contributed by atoms with Crippen LogP contribution in [0.1, 0.15) is 17.5 Å². The van der Waals surface area contributed by atoms with Crippen LogP contribution in [0.5, 0.6) is 0 Å². The summed E-state index contributed by atoms with van der Waals surface area (Å²) >= 11 is 8.66. The lowest BCUT2D eigenvalue weighted by Gasteiger charge is -2.19. The van der Waals surface area contributed by atoms with Gasteiger partial charge >= 0.3 is 0 Å². The summed E-state index contributed by atoms with van der Waals surface area (Å²) < 4.78 is 53.1. The van der Waals surface area contributed by atoms with Crippen LogP contribution in [0.25, 0.3) is 0 Å². The van der Waals surface area contributed by atoms with Gasteiger partial charge in [-0.2, -0.15) is 25.5 Å². The zero-order valence-electron chi connectivity index (χ0n) is 22.5. The number of hydrogen-bond acceptors (Lipinski definition) is 13. The third-order valence-corrected chi connectivity index (χ3v) is 10.1. The molecule has 1 heterocycles. The Morgan fingerprint density at radius 3 is 1.84 bits per heavy atom. The number of rotatable bonds is 11. The quantitative estimate of drug-likeness (QED) is 0.170. The molecule has 0 saturated heterocycles. The highest BCUT2D eigenvalue weighted by Crippen LogP contribution is 2.24. The van der Waals surface area contributed by atoms with Crippen LogP contribution in [-0.2, 0) is 19.9 Å².